The van der Waals surface area contributed by atoms with Crippen molar-refractivity contribution in [1.82, 2.24) is 25.1 Å². The third-order valence-corrected chi connectivity index (χ3v) is 5.70. The monoisotopic (exact) mass is 395 g/mol. The van der Waals surface area contributed by atoms with Crippen LogP contribution in [0, 0.1) is 11.3 Å². The minimum absolute atomic E-state index is 0.424. The number of nitrogens with zero attached hydrogens (tertiary/aromatic N) is 5. The fourth-order valence-corrected chi connectivity index (χ4v) is 4.01. The van der Waals surface area contributed by atoms with Crippen molar-refractivity contribution in [2.24, 2.45) is 0 Å². The zero-order valence-corrected chi connectivity index (χ0v) is 16.4. The molecular weight excluding hydrogens is 374 g/mol. The Morgan fingerprint density at radius 2 is 1.93 bits per heavy atom. The third-order valence-electron chi connectivity index (χ3n) is 5.70. The van der Waals surface area contributed by atoms with E-state index in [1.165, 1.54) is 0 Å². The summed E-state index contributed by atoms with van der Waals surface area (Å²) in [6.45, 7) is 2.04. The van der Waals surface area contributed by atoms with Gasteiger partial charge in [0.15, 0.2) is 0 Å². The van der Waals surface area contributed by atoms with Gasteiger partial charge in [0.25, 0.3) is 0 Å². The fourth-order valence-electron chi connectivity index (χ4n) is 4.01. The Hall–Kier alpha value is -3.76. The van der Waals surface area contributed by atoms with Crippen molar-refractivity contribution in [2.75, 3.05) is 18.8 Å². The van der Waals surface area contributed by atoms with E-state index in [-0.39, 0.29) is 0 Å². The van der Waals surface area contributed by atoms with Gasteiger partial charge in [-0.1, -0.05) is 12.1 Å². The number of nitrogen functional groups attached to an aromatic ring is 1. The first-order chi connectivity index (χ1) is 14.7. The van der Waals surface area contributed by atoms with Crippen LogP contribution in [-0.4, -0.2) is 32.8 Å². The van der Waals surface area contributed by atoms with Gasteiger partial charge < -0.3 is 11.1 Å². The molecule has 30 heavy (non-hydrogen) atoms. The average Bonchev–Trinajstić information content (AvgIpc) is 3.29. The molecule has 0 unspecified atom stereocenters. The highest BCUT2D eigenvalue weighted by molar-refractivity contribution is 5.91. The Labute approximate surface area is 174 Å². The molecule has 0 saturated carbocycles. The Bertz CT molecular complexity index is 1260. The van der Waals surface area contributed by atoms with Gasteiger partial charge in [-0.2, -0.15) is 10.4 Å². The van der Waals surface area contributed by atoms with Crippen LogP contribution in [0.25, 0.3) is 33.2 Å². The van der Waals surface area contributed by atoms with E-state index < -0.39 is 0 Å². The van der Waals surface area contributed by atoms with Gasteiger partial charge in [0.2, 0.25) is 0 Å². The molecule has 0 atom stereocenters. The molecule has 3 aromatic heterocycles. The number of hydrogen-bond acceptors (Lipinski definition) is 6. The lowest BCUT2D eigenvalue weighted by Crippen LogP contribution is -2.29. The maximum Gasteiger partial charge on any atom is 0.132 e. The average molecular weight is 395 g/mol. The highest BCUT2D eigenvalue weighted by atomic mass is 15.3. The lowest BCUT2D eigenvalue weighted by molar-refractivity contribution is 0.343. The number of fused-ring (bicyclic) bond motifs is 1. The smallest absolute Gasteiger partial charge is 0.132 e. The van der Waals surface area contributed by atoms with E-state index in [1.54, 1.807) is 18.5 Å². The molecule has 0 radical (unpaired) electrons. The maximum absolute atomic E-state index is 9.31. The first-order valence-electron chi connectivity index (χ1n) is 10.0. The first kappa shape index (κ1) is 18.3. The second-order valence-corrected chi connectivity index (χ2v) is 7.56. The summed E-state index contributed by atoms with van der Waals surface area (Å²) in [6.07, 6.45) is 9.63. The van der Waals surface area contributed by atoms with Crippen LogP contribution in [0.15, 0.2) is 55.1 Å². The Balaban J connectivity index is 1.52. The summed E-state index contributed by atoms with van der Waals surface area (Å²) >= 11 is 0. The number of nitrogens with two attached hydrogens (primary N) is 1. The zero-order valence-electron chi connectivity index (χ0n) is 16.4. The Kier molecular flexibility index (Phi) is 4.62. The van der Waals surface area contributed by atoms with Crippen molar-refractivity contribution >= 4 is 16.6 Å². The summed E-state index contributed by atoms with van der Waals surface area (Å²) in [5, 5.41) is 19.1. The van der Waals surface area contributed by atoms with Crippen LogP contribution in [0.2, 0.25) is 0 Å². The van der Waals surface area contributed by atoms with Gasteiger partial charge in [0.05, 0.1) is 29.6 Å². The van der Waals surface area contributed by atoms with Gasteiger partial charge in [-0.3, -0.25) is 9.67 Å². The van der Waals surface area contributed by atoms with E-state index in [4.69, 9.17) is 5.73 Å². The lowest BCUT2D eigenvalue weighted by Gasteiger charge is -2.22. The molecule has 7 nitrogen and oxygen atoms in total. The quantitative estimate of drug-likeness (QED) is 0.550. The number of pyridine rings is 2. The summed E-state index contributed by atoms with van der Waals surface area (Å²) in [5.74, 6) is 0.424. The SMILES string of the molecule is N#Cc1cccc2cc(-c3cc(-c4cnn(C5CCNCC5)c4)cnc3N)ncc12. The van der Waals surface area contributed by atoms with Crippen molar-refractivity contribution in [3.8, 4) is 28.5 Å². The van der Waals surface area contributed by atoms with Crippen LogP contribution < -0.4 is 11.1 Å². The number of benzene rings is 1. The largest absolute Gasteiger partial charge is 0.383 e. The van der Waals surface area contributed by atoms with Gasteiger partial charge >= 0.3 is 0 Å². The molecular formula is C23H21N7. The molecule has 148 valence electrons. The molecule has 1 aliphatic heterocycles. The fraction of sp³-hybridized carbons (Fsp3) is 0.217. The number of hydrogen-bond donors (Lipinski definition) is 2. The van der Waals surface area contributed by atoms with Gasteiger partial charge in [-0.15, -0.1) is 0 Å². The summed E-state index contributed by atoms with van der Waals surface area (Å²) in [5.41, 5.74) is 10.3. The zero-order chi connectivity index (χ0) is 20.5. The van der Waals surface area contributed by atoms with Crippen molar-refractivity contribution in [2.45, 2.75) is 18.9 Å². The molecule has 1 fully saturated rings. The second kappa shape index (κ2) is 7.58. The van der Waals surface area contributed by atoms with E-state index in [9.17, 15) is 5.26 Å². The molecule has 4 aromatic rings. The summed E-state index contributed by atoms with van der Waals surface area (Å²) in [6, 6.07) is 12.2. The van der Waals surface area contributed by atoms with Crippen LogP contribution in [0.5, 0.6) is 0 Å². The normalized spacial score (nSPS) is 14.6. The van der Waals surface area contributed by atoms with Crippen molar-refractivity contribution in [3.63, 3.8) is 0 Å². The van der Waals surface area contributed by atoms with Gasteiger partial charge in [0, 0.05) is 40.7 Å². The predicted molar refractivity (Wildman–Crippen MR) is 116 cm³/mol. The summed E-state index contributed by atoms with van der Waals surface area (Å²) in [7, 11) is 0. The molecule has 0 bridgehead atoms. The minimum atomic E-state index is 0.424. The second-order valence-electron chi connectivity index (χ2n) is 7.56. The molecule has 5 rings (SSSR count). The van der Waals surface area contributed by atoms with Gasteiger partial charge in [-0.05, 0) is 49.5 Å². The Morgan fingerprint density at radius 3 is 2.77 bits per heavy atom. The molecule has 0 amide bonds. The van der Waals surface area contributed by atoms with Crippen LogP contribution in [0.1, 0.15) is 24.4 Å². The van der Waals surface area contributed by atoms with E-state index in [0.717, 1.165) is 59.1 Å². The van der Waals surface area contributed by atoms with Crippen molar-refractivity contribution < 1.29 is 0 Å². The molecule has 7 heteroatoms. The van der Waals surface area contributed by atoms with Crippen LogP contribution in [0.3, 0.4) is 0 Å². The van der Waals surface area contributed by atoms with Gasteiger partial charge in [-0.25, -0.2) is 4.98 Å². The number of piperidine rings is 1. The highest BCUT2D eigenvalue weighted by Gasteiger charge is 2.17. The predicted octanol–water partition coefficient (Wildman–Crippen LogP) is 3.54. The van der Waals surface area contributed by atoms with E-state index >= 15 is 0 Å². The third kappa shape index (κ3) is 3.27. The minimum Gasteiger partial charge on any atom is -0.383 e. The standard InChI is InChI=1S/C23H21N7/c24-10-16-3-1-2-15-9-22(27-13-21(15)16)20-8-17(11-28-23(20)25)18-12-29-30(14-18)19-4-6-26-7-5-19/h1-3,8-9,11-14,19,26H,4-7H2,(H2,25,28). The number of anilines is 1. The maximum atomic E-state index is 9.31. The first-order valence-corrected chi connectivity index (χ1v) is 10.0. The number of nitrogens with one attached hydrogen (secondary N) is 1. The molecule has 1 aromatic carbocycles. The molecule has 0 aliphatic carbocycles. The molecule has 4 heterocycles. The number of rotatable bonds is 3. The topological polar surface area (TPSA) is 105 Å². The highest BCUT2D eigenvalue weighted by Crippen LogP contribution is 2.31. The van der Waals surface area contributed by atoms with Crippen molar-refractivity contribution in [1.29, 1.82) is 5.26 Å². The van der Waals surface area contributed by atoms with Crippen molar-refractivity contribution in [3.05, 3.63) is 60.7 Å². The van der Waals surface area contributed by atoms with Crippen LogP contribution >= 0.6 is 0 Å². The number of nitriles is 1. The number of aromatic nitrogens is 4. The molecule has 1 saturated heterocycles. The van der Waals surface area contributed by atoms with Crippen LogP contribution in [0.4, 0.5) is 5.82 Å². The van der Waals surface area contributed by atoms with E-state index in [1.807, 2.05) is 30.5 Å². The summed E-state index contributed by atoms with van der Waals surface area (Å²) in [4.78, 5) is 8.97. The van der Waals surface area contributed by atoms with E-state index in [2.05, 4.69) is 37.3 Å². The van der Waals surface area contributed by atoms with E-state index in [0.29, 0.717) is 17.4 Å². The summed E-state index contributed by atoms with van der Waals surface area (Å²) < 4.78 is 2.06. The Morgan fingerprint density at radius 1 is 1.07 bits per heavy atom. The molecule has 1 aliphatic rings. The van der Waals surface area contributed by atoms with Gasteiger partial charge in [0.1, 0.15) is 5.82 Å². The van der Waals surface area contributed by atoms with Crippen LogP contribution in [-0.2, 0) is 0 Å². The molecule has 0 spiro atoms. The molecule has 3 N–H and O–H groups in total. The lowest BCUT2D eigenvalue weighted by atomic mass is 10.0.